The fraction of sp³-hybridized carbons (Fsp3) is 1.00. The van der Waals surface area contributed by atoms with Crippen LogP contribution in [-0.2, 0) is 14.2 Å². The van der Waals surface area contributed by atoms with E-state index in [4.69, 9.17) is 14.2 Å². The molecule has 2 aliphatic heterocycles. The smallest absolute Gasteiger partial charge is 0.142 e. The van der Waals surface area contributed by atoms with Gasteiger partial charge >= 0.3 is 0 Å². The molecule has 0 aromatic rings. The molecule has 0 aliphatic carbocycles. The number of ether oxygens (including phenoxy) is 3. The lowest BCUT2D eigenvalue weighted by Gasteiger charge is -2.36. The Morgan fingerprint density at radius 1 is 1.69 bits per heavy atom. The Morgan fingerprint density at radius 3 is 3.00 bits per heavy atom. The first-order chi connectivity index (χ1) is 6.23. The van der Waals surface area contributed by atoms with Gasteiger partial charge in [0.1, 0.15) is 25.7 Å². The van der Waals surface area contributed by atoms with Crippen LogP contribution < -0.4 is 0 Å². The number of aliphatic hydroxyl groups excluding tert-OH is 1. The van der Waals surface area contributed by atoms with Gasteiger partial charge in [-0.3, -0.25) is 0 Å². The van der Waals surface area contributed by atoms with Crippen LogP contribution in [0.15, 0.2) is 0 Å². The predicted molar refractivity (Wildman–Crippen MR) is 48.4 cm³/mol. The molecule has 2 rings (SSSR count). The third kappa shape index (κ3) is 1.22. The van der Waals surface area contributed by atoms with Crippen molar-refractivity contribution in [3.63, 3.8) is 0 Å². The van der Waals surface area contributed by atoms with Crippen LogP contribution in [0.3, 0.4) is 0 Å². The van der Waals surface area contributed by atoms with Gasteiger partial charge in [0.15, 0.2) is 0 Å². The van der Waals surface area contributed by atoms with Crippen molar-refractivity contribution < 1.29 is 19.3 Å². The summed E-state index contributed by atoms with van der Waals surface area (Å²) in [4.78, 5) is 0. The van der Waals surface area contributed by atoms with Gasteiger partial charge < -0.3 is 19.3 Å². The molecule has 2 unspecified atom stereocenters. The number of hydrogen-bond acceptors (Lipinski definition) is 4. The molecule has 2 saturated heterocycles. The zero-order valence-electron chi connectivity index (χ0n) is 8.03. The van der Waals surface area contributed by atoms with Crippen molar-refractivity contribution >= 4 is 7.85 Å². The number of aliphatic hydroxyl groups is 1. The summed E-state index contributed by atoms with van der Waals surface area (Å²) in [5.41, 5.74) is -0.517. The maximum atomic E-state index is 9.33. The summed E-state index contributed by atoms with van der Waals surface area (Å²) in [7, 11) is 3.59. The molecule has 0 spiro atoms. The maximum absolute atomic E-state index is 9.33. The molecule has 2 heterocycles. The Balaban J connectivity index is 2.24. The first-order valence-corrected chi connectivity index (χ1v) is 4.66. The standard InChI is InChI=1S/C8H15BO4/c1-11-6-5-7(9)13-8(6,4-10)2-3-12-5/h5-7,10H,2-4,9H2,1H3/t5?,6?,7-,8-/m1/s1. The van der Waals surface area contributed by atoms with Crippen LogP contribution >= 0.6 is 0 Å². The highest BCUT2D eigenvalue weighted by Crippen LogP contribution is 2.39. The summed E-state index contributed by atoms with van der Waals surface area (Å²) in [6.45, 7) is 0.658. The van der Waals surface area contributed by atoms with E-state index in [0.717, 1.165) is 0 Å². The first-order valence-electron chi connectivity index (χ1n) is 4.66. The second-order valence-electron chi connectivity index (χ2n) is 3.79. The summed E-state index contributed by atoms with van der Waals surface area (Å²) >= 11 is 0. The second kappa shape index (κ2) is 3.24. The lowest BCUT2D eigenvalue weighted by atomic mass is 9.86. The Labute approximate surface area is 78.6 Å². The van der Waals surface area contributed by atoms with Gasteiger partial charge in [-0.05, 0) is 0 Å². The Kier molecular flexibility index (Phi) is 2.36. The molecule has 4 atom stereocenters. The van der Waals surface area contributed by atoms with Crippen LogP contribution in [0.5, 0.6) is 0 Å². The fourth-order valence-electron chi connectivity index (χ4n) is 2.40. The third-order valence-corrected chi connectivity index (χ3v) is 3.06. The van der Waals surface area contributed by atoms with Crippen LogP contribution in [0.1, 0.15) is 6.42 Å². The van der Waals surface area contributed by atoms with Crippen molar-refractivity contribution in [2.24, 2.45) is 0 Å². The van der Waals surface area contributed by atoms with E-state index >= 15 is 0 Å². The molecule has 74 valence electrons. The van der Waals surface area contributed by atoms with E-state index in [1.54, 1.807) is 7.11 Å². The SMILES string of the molecule is B[C@@H]1O[C@@]2(CO)CCOC1C2OC. The lowest BCUT2D eigenvalue weighted by Crippen LogP contribution is -2.52. The summed E-state index contributed by atoms with van der Waals surface area (Å²) in [5, 5.41) is 9.33. The molecule has 2 bridgehead atoms. The van der Waals surface area contributed by atoms with E-state index in [9.17, 15) is 5.11 Å². The highest BCUT2D eigenvalue weighted by molar-refractivity contribution is 6.11. The van der Waals surface area contributed by atoms with Crippen molar-refractivity contribution in [3.8, 4) is 0 Å². The number of methoxy groups -OCH3 is 1. The van der Waals surface area contributed by atoms with E-state index in [0.29, 0.717) is 13.0 Å². The van der Waals surface area contributed by atoms with Gasteiger partial charge in [-0.15, -0.1) is 0 Å². The van der Waals surface area contributed by atoms with Crippen molar-refractivity contribution in [1.29, 1.82) is 0 Å². The van der Waals surface area contributed by atoms with E-state index in [1.165, 1.54) is 0 Å². The van der Waals surface area contributed by atoms with Crippen LogP contribution in [0.2, 0.25) is 0 Å². The maximum Gasteiger partial charge on any atom is 0.142 e. The molecular formula is C8H15BO4. The summed E-state index contributed by atoms with van der Waals surface area (Å²) in [6, 6.07) is 0.0135. The molecule has 0 amide bonds. The largest absolute Gasteiger partial charge is 0.393 e. The van der Waals surface area contributed by atoms with Gasteiger partial charge in [0, 0.05) is 13.5 Å². The zero-order valence-corrected chi connectivity index (χ0v) is 8.03. The summed E-state index contributed by atoms with van der Waals surface area (Å²) in [6.07, 6.45) is 0.565. The first kappa shape index (κ1) is 9.46. The van der Waals surface area contributed by atoms with E-state index in [2.05, 4.69) is 0 Å². The molecule has 0 radical (unpaired) electrons. The van der Waals surface area contributed by atoms with Crippen LogP contribution in [0.25, 0.3) is 0 Å². The highest BCUT2D eigenvalue weighted by atomic mass is 16.6. The highest BCUT2D eigenvalue weighted by Gasteiger charge is 2.56. The van der Waals surface area contributed by atoms with Crippen molar-refractivity contribution in [2.45, 2.75) is 30.2 Å². The van der Waals surface area contributed by atoms with E-state index in [1.807, 2.05) is 7.85 Å². The van der Waals surface area contributed by atoms with E-state index < -0.39 is 5.60 Å². The monoisotopic (exact) mass is 186 g/mol. The predicted octanol–water partition coefficient (Wildman–Crippen LogP) is -1.49. The lowest BCUT2D eigenvalue weighted by molar-refractivity contribution is -0.150. The molecule has 2 aliphatic rings. The van der Waals surface area contributed by atoms with Crippen LogP contribution in [0, 0.1) is 0 Å². The van der Waals surface area contributed by atoms with Crippen molar-refractivity contribution in [2.75, 3.05) is 20.3 Å². The molecule has 1 N–H and O–H groups in total. The summed E-state index contributed by atoms with van der Waals surface area (Å²) in [5.74, 6) is 0. The summed E-state index contributed by atoms with van der Waals surface area (Å²) < 4.78 is 16.6. The Hall–Kier alpha value is -0.0951. The minimum Gasteiger partial charge on any atom is -0.393 e. The Bertz CT molecular complexity index is 201. The average molecular weight is 186 g/mol. The average Bonchev–Trinajstić information content (AvgIpc) is 2.30. The molecule has 2 fully saturated rings. The van der Waals surface area contributed by atoms with Crippen molar-refractivity contribution in [1.82, 2.24) is 0 Å². The topological polar surface area (TPSA) is 47.9 Å². The molecule has 0 aromatic carbocycles. The third-order valence-electron chi connectivity index (χ3n) is 3.06. The zero-order chi connectivity index (χ0) is 9.47. The van der Waals surface area contributed by atoms with Crippen LogP contribution in [0.4, 0.5) is 0 Å². The van der Waals surface area contributed by atoms with Gasteiger partial charge in [0.25, 0.3) is 0 Å². The minimum atomic E-state index is -0.517. The molecular weight excluding hydrogens is 171 g/mol. The number of hydrogen-bond donors (Lipinski definition) is 1. The number of fused-ring (bicyclic) bond motifs is 2. The molecule has 0 aromatic heterocycles. The van der Waals surface area contributed by atoms with Gasteiger partial charge in [-0.2, -0.15) is 0 Å². The quantitative estimate of drug-likeness (QED) is 0.534. The molecule has 0 saturated carbocycles. The van der Waals surface area contributed by atoms with Gasteiger partial charge in [0.05, 0.1) is 19.2 Å². The van der Waals surface area contributed by atoms with Crippen LogP contribution in [-0.4, -0.2) is 57.1 Å². The van der Waals surface area contributed by atoms with Gasteiger partial charge in [-0.1, -0.05) is 0 Å². The fourth-order valence-corrected chi connectivity index (χ4v) is 2.40. The second-order valence-corrected chi connectivity index (χ2v) is 3.79. The normalized spacial score (nSPS) is 49.5. The number of rotatable bonds is 2. The minimum absolute atomic E-state index is 0.00963. The Morgan fingerprint density at radius 2 is 2.46 bits per heavy atom. The van der Waals surface area contributed by atoms with Crippen molar-refractivity contribution in [3.05, 3.63) is 0 Å². The van der Waals surface area contributed by atoms with Gasteiger partial charge in [0.2, 0.25) is 0 Å². The molecule has 13 heavy (non-hydrogen) atoms. The van der Waals surface area contributed by atoms with E-state index in [-0.39, 0.29) is 24.8 Å². The molecule has 5 heteroatoms. The van der Waals surface area contributed by atoms with Gasteiger partial charge in [-0.25, -0.2) is 0 Å². The molecule has 4 nitrogen and oxygen atoms in total.